The van der Waals surface area contributed by atoms with Crippen molar-refractivity contribution in [3.05, 3.63) is 71.8 Å². The van der Waals surface area contributed by atoms with Crippen LogP contribution in [0, 0.1) is 0 Å². The van der Waals surface area contributed by atoms with Gasteiger partial charge in [0.1, 0.15) is 13.2 Å². The van der Waals surface area contributed by atoms with Crippen molar-refractivity contribution in [1.82, 2.24) is 0 Å². The van der Waals surface area contributed by atoms with E-state index in [1.807, 2.05) is 36.4 Å². The minimum Gasteiger partial charge on any atom is -0.457 e. The SMILES string of the molecule is C=C(C)C(=O)OCc1cccc2c(COC(=O)C(=C)C)cccc12. The van der Waals surface area contributed by atoms with Crippen LogP contribution in [0.4, 0.5) is 0 Å². The predicted octanol–water partition coefficient (Wildman–Crippen LogP) is 4.08. The lowest BCUT2D eigenvalue weighted by molar-refractivity contribution is -0.141. The van der Waals surface area contributed by atoms with Crippen LogP contribution in [0.5, 0.6) is 0 Å². The first-order chi connectivity index (χ1) is 11.4. The fraction of sp³-hybridized carbons (Fsp3) is 0.200. The minimum absolute atomic E-state index is 0.165. The van der Waals surface area contributed by atoms with Crippen LogP contribution in [-0.4, -0.2) is 11.9 Å². The minimum atomic E-state index is -0.418. The van der Waals surface area contributed by atoms with Crippen LogP contribution in [0.25, 0.3) is 10.8 Å². The Morgan fingerprint density at radius 1 is 0.792 bits per heavy atom. The van der Waals surface area contributed by atoms with Gasteiger partial charge in [-0.3, -0.25) is 0 Å². The van der Waals surface area contributed by atoms with Crippen molar-refractivity contribution in [3.63, 3.8) is 0 Å². The molecule has 0 heterocycles. The lowest BCUT2D eigenvalue weighted by atomic mass is 10.0. The molecule has 0 radical (unpaired) electrons. The Hall–Kier alpha value is -2.88. The molecular formula is C20H20O4. The molecule has 2 aromatic carbocycles. The Morgan fingerprint density at radius 3 is 1.50 bits per heavy atom. The zero-order valence-corrected chi connectivity index (χ0v) is 13.9. The van der Waals surface area contributed by atoms with Gasteiger partial charge >= 0.3 is 11.9 Å². The van der Waals surface area contributed by atoms with Crippen molar-refractivity contribution < 1.29 is 19.1 Å². The van der Waals surface area contributed by atoms with Crippen LogP contribution in [-0.2, 0) is 32.3 Å². The summed E-state index contributed by atoms with van der Waals surface area (Å²) < 4.78 is 10.5. The Balaban J connectivity index is 2.25. The van der Waals surface area contributed by atoms with Gasteiger partial charge in [0, 0.05) is 11.1 Å². The maximum atomic E-state index is 11.6. The number of esters is 2. The van der Waals surface area contributed by atoms with E-state index in [0.717, 1.165) is 21.9 Å². The summed E-state index contributed by atoms with van der Waals surface area (Å²) in [5.41, 5.74) is 2.50. The summed E-state index contributed by atoms with van der Waals surface area (Å²) in [6, 6.07) is 11.5. The number of carbonyl (C=O) groups is 2. The van der Waals surface area contributed by atoms with E-state index in [9.17, 15) is 9.59 Å². The normalized spacial score (nSPS) is 10.2. The van der Waals surface area contributed by atoms with Gasteiger partial charge in [-0.15, -0.1) is 0 Å². The Bertz CT molecular complexity index is 748. The average Bonchev–Trinajstić information content (AvgIpc) is 2.56. The molecule has 0 aliphatic heterocycles. The first kappa shape index (κ1) is 17.5. The molecule has 0 N–H and O–H groups in total. The smallest absolute Gasteiger partial charge is 0.333 e. The van der Waals surface area contributed by atoms with E-state index in [4.69, 9.17) is 9.47 Å². The monoisotopic (exact) mass is 324 g/mol. The van der Waals surface area contributed by atoms with Crippen LogP contribution in [0.2, 0.25) is 0 Å². The summed E-state index contributed by atoms with van der Waals surface area (Å²) in [4.78, 5) is 23.1. The Labute approximate surface area is 141 Å². The molecule has 0 aromatic heterocycles. The highest BCUT2D eigenvalue weighted by Gasteiger charge is 2.10. The lowest BCUT2D eigenvalue weighted by Crippen LogP contribution is -2.06. The molecule has 4 nitrogen and oxygen atoms in total. The number of ether oxygens (including phenoxy) is 2. The molecule has 0 fully saturated rings. The van der Waals surface area contributed by atoms with Crippen LogP contribution in [0.3, 0.4) is 0 Å². The molecule has 0 aliphatic rings. The predicted molar refractivity (Wildman–Crippen MR) is 93.2 cm³/mol. The van der Waals surface area contributed by atoms with Crippen molar-refractivity contribution in [1.29, 1.82) is 0 Å². The van der Waals surface area contributed by atoms with Crippen molar-refractivity contribution in [2.75, 3.05) is 0 Å². The third-order valence-corrected chi connectivity index (χ3v) is 3.52. The molecule has 0 unspecified atom stereocenters. The summed E-state index contributed by atoms with van der Waals surface area (Å²) in [6.07, 6.45) is 0. The Kier molecular flexibility index (Phi) is 5.53. The second kappa shape index (κ2) is 7.59. The molecule has 0 saturated heterocycles. The zero-order chi connectivity index (χ0) is 17.7. The highest BCUT2D eigenvalue weighted by atomic mass is 16.5. The van der Waals surface area contributed by atoms with Gasteiger partial charge in [-0.25, -0.2) is 9.59 Å². The largest absolute Gasteiger partial charge is 0.457 e. The van der Waals surface area contributed by atoms with Gasteiger partial charge in [0.15, 0.2) is 0 Å². The third kappa shape index (κ3) is 4.10. The van der Waals surface area contributed by atoms with Gasteiger partial charge in [0.25, 0.3) is 0 Å². The zero-order valence-electron chi connectivity index (χ0n) is 13.9. The topological polar surface area (TPSA) is 52.6 Å². The van der Waals surface area contributed by atoms with Gasteiger partial charge in [-0.2, -0.15) is 0 Å². The van der Waals surface area contributed by atoms with Crippen molar-refractivity contribution >= 4 is 22.7 Å². The van der Waals surface area contributed by atoms with Crippen molar-refractivity contribution in [2.24, 2.45) is 0 Å². The lowest BCUT2D eigenvalue weighted by Gasteiger charge is -2.11. The van der Waals surface area contributed by atoms with E-state index in [-0.39, 0.29) is 13.2 Å². The molecule has 24 heavy (non-hydrogen) atoms. The quantitative estimate of drug-likeness (QED) is 0.593. The summed E-state index contributed by atoms with van der Waals surface area (Å²) in [5.74, 6) is -0.836. The molecule has 0 saturated carbocycles. The number of fused-ring (bicyclic) bond motifs is 1. The number of rotatable bonds is 6. The standard InChI is InChI=1S/C20H20O4/c1-13(2)19(21)23-11-15-7-5-10-18-16(8-6-9-17(15)18)12-24-20(22)14(3)4/h5-10H,1,3,11-12H2,2,4H3. The number of hydrogen-bond donors (Lipinski definition) is 0. The fourth-order valence-electron chi connectivity index (χ4n) is 2.22. The number of benzene rings is 2. The highest BCUT2D eigenvalue weighted by molar-refractivity contribution is 5.90. The van der Waals surface area contributed by atoms with Crippen LogP contribution >= 0.6 is 0 Å². The van der Waals surface area contributed by atoms with Gasteiger partial charge in [-0.05, 0) is 35.7 Å². The van der Waals surface area contributed by atoms with Crippen LogP contribution in [0.15, 0.2) is 60.7 Å². The molecule has 0 amide bonds. The molecule has 0 atom stereocenters. The van der Waals surface area contributed by atoms with E-state index in [1.165, 1.54) is 0 Å². The van der Waals surface area contributed by atoms with E-state index < -0.39 is 11.9 Å². The molecule has 2 rings (SSSR count). The van der Waals surface area contributed by atoms with E-state index >= 15 is 0 Å². The van der Waals surface area contributed by atoms with Gasteiger partial charge in [-0.1, -0.05) is 49.6 Å². The van der Waals surface area contributed by atoms with E-state index in [2.05, 4.69) is 13.2 Å². The fourth-order valence-corrected chi connectivity index (χ4v) is 2.22. The average molecular weight is 324 g/mol. The van der Waals surface area contributed by atoms with Crippen molar-refractivity contribution in [2.45, 2.75) is 27.1 Å². The second-order valence-electron chi connectivity index (χ2n) is 5.64. The highest BCUT2D eigenvalue weighted by Crippen LogP contribution is 2.24. The van der Waals surface area contributed by atoms with E-state index in [0.29, 0.717) is 11.1 Å². The first-order valence-electron chi connectivity index (χ1n) is 7.55. The molecule has 0 spiro atoms. The van der Waals surface area contributed by atoms with Crippen LogP contribution < -0.4 is 0 Å². The van der Waals surface area contributed by atoms with E-state index in [1.54, 1.807) is 13.8 Å². The summed E-state index contributed by atoms with van der Waals surface area (Å²) in [5, 5.41) is 1.91. The van der Waals surface area contributed by atoms with Gasteiger partial charge in [0.05, 0.1) is 0 Å². The molecule has 0 bridgehead atoms. The molecular weight excluding hydrogens is 304 g/mol. The maximum Gasteiger partial charge on any atom is 0.333 e. The Morgan fingerprint density at radius 2 is 1.17 bits per heavy atom. The summed E-state index contributed by atoms with van der Waals surface area (Å²) in [7, 11) is 0. The van der Waals surface area contributed by atoms with Crippen molar-refractivity contribution in [3.8, 4) is 0 Å². The summed E-state index contributed by atoms with van der Waals surface area (Å²) in [6.45, 7) is 10.7. The van der Waals surface area contributed by atoms with Gasteiger partial charge < -0.3 is 9.47 Å². The molecule has 4 heteroatoms. The maximum absolute atomic E-state index is 11.6. The summed E-state index contributed by atoms with van der Waals surface area (Å²) >= 11 is 0. The molecule has 0 aliphatic carbocycles. The van der Waals surface area contributed by atoms with Gasteiger partial charge in [0.2, 0.25) is 0 Å². The number of carbonyl (C=O) groups excluding carboxylic acids is 2. The van der Waals surface area contributed by atoms with Crippen LogP contribution in [0.1, 0.15) is 25.0 Å². The first-order valence-corrected chi connectivity index (χ1v) is 7.55. The third-order valence-electron chi connectivity index (χ3n) is 3.52. The molecule has 124 valence electrons. The second-order valence-corrected chi connectivity index (χ2v) is 5.64. The number of hydrogen-bond acceptors (Lipinski definition) is 4. The molecule has 2 aromatic rings.